The van der Waals surface area contributed by atoms with E-state index in [9.17, 15) is 0 Å². The molecule has 0 atom stereocenters. The first-order valence-corrected chi connectivity index (χ1v) is 7.34. The van der Waals surface area contributed by atoms with Crippen molar-refractivity contribution in [1.82, 2.24) is 4.98 Å². The molecule has 0 radical (unpaired) electrons. The first-order valence-electron chi connectivity index (χ1n) is 7.34. The van der Waals surface area contributed by atoms with Gasteiger partial charge in [-0.25, -0.2) is 4.98 Å². The van der Waals surface area contributed by atoms with Gasteiger partial charge in [-0.2, -0.15) is 0 Å². The Morgan fingerprint density at radius 1 is 1.15 bits per heavy atom. The van der Waals surface area contributed by atoms with E-state index in [1.165, 1.54) is 0 Å². The lowest BCUT2D eigenvalue weighted by molar-refractivity contribution is 0.00578. The standard InChI is InChI=1S/C15H25BN2O2/c1-7-10-17-13-11(2)8-9-12(18-13)16-19-14(3,4)15(5,6)20-16/h8-9H,7,10H2,1-6H3,(H,17,18). The monoisotopic (exact) mass is 276 g/mol. The molecular formula is C15H25BN2O2. The SMILES string of the molecule is CCCNc1nc(B2OC(C)(C)C(C)(C)O2)ccc1C. The number of nitrogens with zero attached hydrogens (tertiary/aromatic N) is 1. The molecule has 0 unspecified atom stereocenters. The van der Waals surface area contributed by atoms with Gasteiger partial charge in [-0.1, -0.05) is 13.0 Å². The number of rotatable bonds is 4. The lowest BCUT2D eigenvalue weighted by Gasteiger charge is -2.32. The number of aryl methyl sites for hydroxylation is 1. The molecule has 2 rings (SSSR count). The molecule has 4 nitrogen and oxygen atoms in total. The predicted molar refractivity (Wildman–Crippen MR) is 83.5 cm³/mol. The summed E-state index contributed by atoms with van der Waals surface area (Å²) in [5, 5.41) is 3.35. The first kappa shape index (κ1) is 15.3. The van der Waals surface area contributed by atoms with Gasteiger partial charge in [0, 0.05) is 6.54 Å². The van der Waals surface area contributed by atoms with E-state index in [-0.39, 0.29) is 11.2 Å². The average molecular weight is 276 g/mol. The van der Waals surface area contributed by atoms with Gasteiger partial charge in [0.15, 0.2) is 0 Å². The fourth-order valence-electron chi connectivity index (χ4n) is 2.06. The summed E-state index contributed by atoms with van der Waals surface area (Å²) in [5.74, 6) is 0.916. The van der Waals surface area contributed by atoms with E-state index >= 15 is 0 Å². The van der Waals surface area contributed by atoms with Gasteiger partial charge in [-0.05, 0) is 52.7 Å². The van der Waals surface area contributed by atoms with Crippen molar-refractivity contribution in [2.24, 2.45) is 0 Å². The number of hydrogen-bond donors (Lipinski definition) is 1. The van der Waals surface area contributed by atoms with E-state index in [2.05, 4.69) is 57.9 Å². The summed E-state index contributed by atoms with van der Waals surface area (Å²) in [6.45, 7) is 13.3. The molecule has 1 fully saturated rings. The Bertz CT molecular complexity index is 473. The van der Waals surface area contributed by atoms with Crippen LogP contribution in [0, 0.1) is 6.92 Å². The van der Waals surface area contributed by atoms with E-state index in [1.807, 2.05) is 6.07 Å². The van der Waals surface area contributed by atoms with E-state index in [0.717, 1.165) is 29.9 Å². The number of anilines is 1. The van der Waals surface area contributed by atoms with E-state index < -0.39 is 7.12 Å². The molecule has 0 aliphatic carbocycles. The van der Waals surface area contributed by atoms with Crippen LogP contribution in [0.1, 0.15) is 46.6 Å². The Hall–Kier alpha value is -1.07. The van der Waals surface area contributed by atoms with Gasteiger partial charge in [0.2, 0.25) is 0 Å². The maximum absolute atomic E-state index is 6.04. The molecule has 0 saturated carbocycles. The molecule has 0 amide bonds. The molecule has 0 spiro atoms. The van der Waals surface area contributed by atoms with Crippen molar-refractivity contribution in [2.75, 3.05) is 11.9 Å². The zero-order chi connectivity index (χ0) is 15.0. The molecule has 0 bridgehead atoms. The summed E-state index contributed by atoms with van der Waals surface area (Å²) in [6, 6.07) is 4.04. The van der Waals surface area contributed by atoms with E-state index in [1.54, 1.807) is 0 Å². The maximum Gasteiger partial charge on any atom is 0.514 e. The third-order valence-corrected chi connectivity index (χ3v) is 4.16. The summed E-state index contributed by atoms with van der Waals surface area (Å²) in [5.41, 5.74) is 1.30. The minimum Gasteiger partial charge on any atom is -0.398 e. The summed E-state index contributed by atoms with van der Waals surface area (Å²) >= 11 is 0. The van der Waals surface area contributed by atoms with Gasteiger partial charge < -0.3 is 14.6 Å². The van der Waals surface area contributed by atoms with Gasteiger partial charge in [-0.3, -0.25) is 0 Å². The first-order chi connectivity index (χ1) is 9.27. The quantitative estimate of drug-likeness (QED) is 0.858. The minimum atomic E-state index is -0.400. The van der Waals surface area contributed by atoms with E-state index in [4.69, 9.17) is 9.31 Å². The van der Waals surface area contributed by atoms with E-state index in [0.29, 0.717) is 0 Å². The highest BCUT2D eigenvalue weighted by atomic mass is 16.7. The van der Waals surface area contributed by atoms with Gasteiger partial charge in [-0.15, -0.1) is 0 Å². The summed E-state index contributed by atoms with van der Waals surface area (Å²) in [4.78, 5) is 4.66. The molecule has 0 aromatic carbocycles. The number of nitrogens with one attached hydrogen (secondary N) is 1. The van der Waals surface area contributed by atoms with Gasteiger partial charge in [0.1, 0.15) is 5.82 Å². The summed E-state index contributed by atoms with van der Waals surface area (Å²) in [7, 11) is -0.400. The van der Waals surface area contributed by atoms with Crippen LogP contribution < -0.4 is 10.9 Å². The molecule has 1 N–H and O–H groups in total. The molecule has 5 heteroatoms. The normalized spacial score (nSPS) is 20.2. The molecule has 1 aromatic heterocycles. The van der Waals surface area contributed by atoms with Crippen molar-refractivity contribution in [2.45, 2.75) is 59.2 Å². The molecule has 110 valence electrons. The van der Waals surface area contributed by atoms with Crippen LogP contribution in [0.25, 0.3) is 0 Å². The van der Waals surface area contributed by atoms with Crippen molar-refractivity contribution in [3.8, 4) is 0 Å². The highest BCUT2D eigenvalue weighted by Gasteiger charge is 2.52. The van der Waals surface area contributed by atoms with Crippen molar-refractivity contribution >= 4 is 18.5 Å². The van der Waals surface area contributed by atoms with Crippen LogP contribution in [-0.2, 0) is 9.31 Å². The van der Waals surface area contributed by atoms with Crippen LogP contribution in [0.3, 0.4) is 0 Å². The second kappa shape index (κ2) is 5.37. The van der Waals surface area contributed by atoms with Crippen molar-refractivity contribution in [3.63, 3.8) is 0 Å². The fraction of sp³-hybridized carbons (Fsp3) is 0.667. The van der Waals surface area contributed by atoms with Crippen LogP contribution >= 0.6 is 0 Å². The Balaban J connectivity index is 2.22. The third kappa shape index (κ3) is 2.84. The Labute approximate surface area is 122 Å². The number of pyridine rings is 1. The number of hydrogen-bond acceptors (Lipinski definition) is 4. The Kier molecular flexibility index (Phi) is 4.12. The zero-order valence-corrected chi connectivity index (χ0v) is 13.4. The highest BCUT2D eigenvalue weighted by molar-refractivity contribution is 6.61. The van der Waals surface area contributed by atoms with Crippen LogP contribution in [0.5, 0.6) is 0 Å². The van der Waals surface area contributed by atoms with Crippen LogP contribution in [0.4, 0.5) is 5.82 Å². The average Bonchev–Trinajstić information content (AvgIpc) is 2.57. The van der Waals surface area contributed by atoms with Crippen LogP contribution in [-0.4, -0.2) is 29.8 Å². The molecule has 2 heterocycles. The van der Waals surface area contributed by atoms with Crippen molar-refractivity contribution in [1.29, 1.82) is 0 Å². The van der Waals surface area contributed by atoms with Crippen molar-refractivity contribution in [3.05, 3.63) is 17.7 Å². The smallest absolute Gasteiger partial charge is 0.398 e. The van der Waals surface area contributed by atoms with Gasteiger partial charge in [0.25, 0.3) is 0 Å². The number of aromatic nitrogens is 1. The predicted octanol–water partition coefficient (Wildman–Crippen LogP) is 2.51. The highest BCUT2D eigenvalue weighted by Crippen LogP contribution is 2.36. The molecule has 1 aliphatic heterocycles. The molecular weight excluding hydrogens is 251 g/mol. The Morgan fingerprint density at radius 3 is 2.30 bits per heavy atom. The second-order valence-corrected chi connectivity index (χ2v) is 6.42. The lowest BCUT2D eigenvalue weighted by atomic mass is 9.84. The fourth-order valence-corrected chi connectivity index (χ4v) is 2.06. The summed E-state index contributed by atoms with van der Waals surface area (Å²) in [6.07, 6.45) is 1.07. The maximum atomic E-state index is 6.04. The molecule has 20 heavy (non-hydrogen) atoms. The van der Waals surface area contributed by atoms with Crippen LogP contribution in [0.2, 0.25) is 0 Å². The van der Waals surface area contributed by atoms with Crippen molar-refractivity contribution < 1.29 is 9.31 Å². The Morgan fingerprint density at radius 2 is 1.75 bits per heavy atom. The molecule has 1 aliphatic rings. The summed E-state index contributed by atoms with van der Waals surface area (Å²) < 4.78 is 12.1. The van der Waals surface area contributed by atoms with Gasteiger partial charge >= 0.3 is 7.12 Å². The lowest BCUT2D eigenvalue weighted by Crippen LogP contribution is -2.41. The minimum absolute atomic E-state index is 0.332. The zero-order valence-electron chi connectivity index (χ0n) is 13.4. The molecule has 1 saturated heterocycles. The largest absolute Gasteiger partial charge is 0.514 e. The second-order valence-electron chi connectivity index (χ2n) is 6.42. The van der Waals surface area contributed by atoms with Gasteiger partial charge in [0.05, 0.1) is 16.8 Å². The van der Waals surface area contributed by atoms with Crippen LogP contribution in [0.15, 0.2) is 12.1 Å². The third-order valence-electron chi connectivity index (χ3n) is 4.16. The molecule has 1 aromatic rings. The topological polar surface area (TPSA) is 43.4 Å².